The molecule has 23 heavy (non-hydrogen) atoms. The van der Waals surface area contributed by atoms with Crippen molar-refractivity contribution in [1.82, 2.24) is 0 Å². The van der Waals surface area contributed by atoms with E-state index in [9.17, 15) is 14.7 Å². The Hall–Kier alpha value is -0.860. The van der Waals surface area contributed by atoms with Gasteiger partial charge in [0.15, 0.2) is 0 Å². The van der Waals surface area contributed by atoms with E-state index in [0.29, 0.717) is 17.6 Å². The Bertz CT molecular complexity index is 569. The van der Waals surface area contributed by atoms with Gasteiger partial charge in [0.1, 0.15) is 5.78 Å². The first-order valence-electron chi connectivity index (χ1n) is 9.53. The minimum atomic E-state index is -0.621. The third-order valence-electron chi connectivity index (χ3n) is 8.87. The van der Waals surface area contributed by atoms with Crippen molar-refractivity contribution < 1.29 is 14.7 Å². The number of carboxylic acids is 1. The van der Waals surface area contributed by atoms with Crippen LogP contribution in [0.1, 0.15) is 72.1 Å². The van der Waals surface area contributed by atoms with Crippen LogP contribution in [0.4, 0.5) is 0 Å². The van der Waals surface area contributed by atoms with E-state index in [1.165, 1.54) is 6.42 Å². The van der Waals surface area contributed by atoms with Crippen molar-refractivity contribution in [3.8, 4) is 0 Å². The Labute approximate surface area is 139 Å². The molecule has 4 rings (SSSR count). The third kappa shape index (κ3) is 1.72. The Kier molecular flexibility index (Phi) is 3.14. The summed E-state index contributed by atoms with van der Waals surface area (Å²) in [6, 6.07) is 0. The molecule has 4 aliphatic rings. The molecule has 1 N–H and O–H groups in total. The number of fused-ring (bicyclic) bond motifs is 3. The molecular formula is C20H30O3. The Morgan fingerprint density at radius 2 is 1.83 bits per heavy atom. The van der Waals surface area contributed by atoms with Gasteiger partial charge >= 0.3 is 5.97 Å². The minimum Gasteiger partial charge on any atom is -0.481 e. The molecular weight excluding hydrogens is 288 g/mol. The lowest BCUT2D eigenvalue weighted by Gasteiger charge is -2.62. The SMILES string of the molecule is C[C@H]1C(=O)[C@@]23CC[C@H]4[C@@](C)(CCC[C@]4(C)C(=O)O)[C@H]2CC[C@@H]1C3. The van der Waals surface area contributed by atoms with Gasteiger partial charge in [0.25, 0.3) is 0 Å². The Morgan fingerprint density at radius 1 is 1.09 bits per heavy atom. The van der Waals surface area contributed by atoms with Crippen LogP contribution in [0.15, 0.2) is 0 Å². The molecule has 4 aliphatic carbocycles. The lowest BCUT2D eigenvalue weighted by molar-refractivity contribution is -0.182. The maximum absolute atomic E-state index is 13.1. The van der Waals surface area contributed by atoms with Crippen LogP contribution in [0.25, 0.3) is 0 Å². The van der Waals surface area contributed by atoms with Crippen molar-refractivity contribution in [2.75, 3.05) is 0 Å². The fraction of sp³-hybridized carbons (Fsp3) is 0.900. The summed E-state index contributed by atoms with van der Waals surface area (Å²) in [5.41, 5.74) is -0.669. The predicted molar refractivity (Wildman–Crippen MR) is 87.9 cm³/mol. The molecule has 4 fully saturated rings. The molecule has 0 radical (unpaired) electrons. The van der Waals surface area contributed by atoms with Crippen molar-refractivity contribution in [2.24, 2.45) is 39.9 Å². The normalized spacial score (nSPS) is 55.2. The fourth-order valence-electron chi connectivity index (χ4n) is 7.73. The minimum absolute atomic E-state index is 0.0360. The van der Waals surface area contributed by atoms with E-state index in [1.54, 1.807) is 0 Å². The molecule has 128 valence electrons. The number of hydrogen-bond donors (Lipinski definition) is 1. The molecule has 0 aromatic carbocycles. The van der Waals surface area contributed by atoms with E-state index in [2.05, 4.69) is 13.8 Å². The van der Waals surface area contributed by atoms with Gasteiger partial charge in [0, 0.05) is 11.3 Å². The first kappa shape index (κ1) is 15.7. The zero-order valence-corrected chi connectivity index (χ0v) is 14.7. The van der Waals surface area contributed by atoms with Gasteiger partial charge in [-0.15, -0.1) is 0 Å². The van der Waals surface area contributed by atoms with Crippen molar-refractivity contribution >= 4 is 11.8 Å². The van der Waals surface area contributed by atoms with Crippen LogP contribution < -0.4 is 0 Å². The van der Waals surface area contributed by atoms with E-state index in [1.807, 2.05) is 6.92 Å². The average Bonchev–Trinajstić information content (AvgIpc) is 2.68. The van der Waals surface area contributed by atoms with Crippen LogP contribution in [-0.4, -0.2) is 16.9 Å². The first-order valence-corrected chi connectivity index (χ1v) is 9.53. The molecule has 3 heteroatoms. The highest BCUT2D eigenvalue weighted by molar-refractivity contribution is 5.90. The van der Waals surface area contributed by atoms with Crippen LogP contribution in [0.3, 0.4) is 0 Å². The van der Waals surface area contributed by atoms with Gasteiger partial charge in [-0.3, -0.25) is 9.59 Å². The van der Waals surface area contributed by atoms with Gasteiger partial charge in [-0.1, -0.05) is 20.3 Å². The van der Waals surface area contributed by atoms with Crippen molar-refractivity contribution in [3.05, 3.63) is 0 Å². The molecule has 0 aromatic rings. The van der Waals surface area contributed by atoms with E-state index >= 15 is 0 Å². The summed E-state index contributed by atoms with van der Waals surface area (Å²) >= 11 is 0. The molecule has 0 heterocycles. The van der Waals surface area contributed by atoms with Gasteiger partial charge in [-0.2, -0.15) is 0 Å². The molecule has 2 bridgehead atoms. The summed E-state index contributed by atoms with van der Waals surface area (Å²) in [5.74, 6) is 1.37. The quantitative estimate of drug-likeness (QED) is 0.784. The second-order valence-corrected chi connectivity index (χ2v) is 9.58. The number of carbonyl (C=O) groups is 2. The molecule has 3 nitrogen and oxygen atoms in total. The van der Waals surface area contributed by atoms with E-state index in [4.69, 9.17) is 0 Å². The first-order chi connectivity index (χ1) is 10.8. The predicted octanol–water partition coefficient (Wildman–Crippen LogP) is 4.30. The summed E-state index contributed by atoms with van der Waals surface area (Å²) in [7, 11) is 0. The average molecular weight is 318 g/mol. The number of aliphatic carboxylic acids is 1. The van der Waals surface area contributed by atoms with Crippen molar-refractivity contribution in [2.45, 2.75) is 72.1 Å². The van der Waals surface area contributed by atoms with Gasteiger partial charge in [-0.05, 0) is 75.0 Å². The summed E-state index contributed by atoms with van der Waals surface area (Å²) in [4.78, 5) is 25.2. The molecule has 0 amide bonds. The number of carboxylic acid groups (broad SMARTS) is 1. The van der Waals surface area contributed by atoms with Gasteiger partial charge in [0.2, 0.25) is 0 Å². The second-order valence-electron chi connectivity index (χ2n) is 9.58. The van der Waals surface area contributed by atoms with Crippen LogP contribution >= 0.6 is 0 Å². The molecule has 1 spiro atoms. The van der Waals surface area contributed by atoms with Crippen LogP contribution in [0.5, 0.6) is 0 Å². The van der Waals surface area contributed by atoms with Crippen LogP contribution in [-0.2, 0) is 9.59 Å². The van der Waals surface area contributed by atoms with E-state index < -0.39 is 11.4 Å². The maximum atomic E-state index is 13.1. The second kappa shape index (κ2) is 4.61. The van der Waals surface area contributed by atoms with Crippen molar-refractivity contribution in [1.29, 1.82) is 0 Å². The topological polar surface area (TPSA) is 54.4 Å². The number of Topliss-reactive ketones (excluding diaryl/α,β-unsaturated/α-hetero) is 1. The fourth-order valence-corrected chi connectivity index (χ4v) is 7.73. The largest absolute Gasteiger partial charge is 0.481 e. The van der Waals surface area contributed by atoms with Crippen molar-refractivity contribution in [3.63, 3.8) is 0 Å². The van der Waals surface area contributed by atoms with E-state index in [0.717, 1.165) is 44.9 Å². The smallest absolute Gasteiger partial charge is 0.309 e. The van der Waals surface area contributed by atoms with Crippen LogP contribution in [0, 0.1) is 39.9 Å². The van der Waals surface area contributed by atoms with Gasteiger partial charge in [-0.25, -0.2) is 0 Å². The maximum Gasteiger partial charge on any atom is 0.309 e. The lowest BCUT2D eigenvalue weighted by Crippen LogP contribution is -2.59. The molecule has 0 aromatic heterocycles. The van der Waals surface area contributed by atoms with Crippen LogP contribution in [0.2, 0.25) is 0 Å². The highest BCUT2D eigenvalue weighted by atomic mass is 16.4. The molecule has 0 saturated heterocycles. The third-order valence-corrected chi connectivity index (χ3v) is 8.87. The monoisotopic (exact) mass is 318 g/mol. The summed E-state index contributed by atoms with van der Waals surface area (Å²) in [5, 5.41) is 9.90. The number of carbonyl (C=O) groups excluding carboxylic acids is 1. The van der Waals surface area contributed by atoms with Gasteiger partial charge < -0.3 is 5.11 Å². The summed E-state index contributed by atoms with van der Waals surface area (Å²) < 4.78 is 0. The lowest BCUT2D eigenvalue weighted by atomic mass is 9.41. The summed E-state index contributed by atoms with van der Waals surface area (Å²) in [6.45, 7) is 6.45. The zero-order chi connectivity index (χ0) is 16.6. The number of hydrogen-bond acceptors (Lipinski definition) is 2. The van der Waals surface area contributed by atoms with Gasteiger partial charge in [0.05, 0.1) is 5.41 Å². The highest BCUT2D eigenvalue weighted by Crippen LogP contribution is 2.71. The standard InChI is InChI=1S/C20H30O3/c1-12-13-5-6-15-18(2)8-4-9-19(3,17(22)23)14(18)7-10-20(15,11-13)16(12)21/h12-15H,4-11H2,1-3H3,(H,22,23)/t12-,13-,14+,15-,18-,19+,20-/m1/s1. The Morgan fingerprint density at radius 3 is 2.52 bits per heavy atom. The summed E-state index contributed by atoms with van der Waals surface area (Å²) in [6.07, 6.45) is 8.18. The van der Waals surface area contributed by atoms with E-state index in [-0.39, 0.29) is 22.7 Å². The highest BCUT2D eigenvalue weighted by Gasteiger charge is 2.68. The molecule has 0 aliphatic heterocycles. The number of rotatable bonds is 1. The zero-order valence-electron chi connectivity index (χ0n) is 14.7. The Balaban J connectivity index is 1.78. The molecule has 7 atom stereocenters. The molecule has 4 saturated carbocycles. The molecule has 0 unspecified atom stereocenters. The number of ketones is 1.